The number of benzene rings is 1. The Morgan fingerprint density at radius 3 is 2.11 bits per heavy atom. The first-order valence-electron chi connectivity index (χ1n) is 6.91. The van der Waals surface area contributed by atoms with Crippen LogP contribution in [0.25, 0.3) is 0 Å². The Hall–Kier alpha value is -1.39. The Bertz CT molecular complexity index is 394. The lowest BCUT2D eigenvalue weighted by atomic mass is 10.1. The molecule has 3 saturated heterocycles. The number of aliphatic carboxylic acids is 1. The molecule has 3 aliphatic heterocycles. The Kier molecular flexibility index (Phi) is 4.56. The molecule has 1 aromatic carbocycles. The summed E-state index contributed by atoms with van der Waals surface area (Å²) in [6.07, 6.45) is 0. The predicted octanol–water partition coefficient (Wildman–Crippen LogP) is 1.42. The fraction of sp³-hybridized carbons (Fsp3) is 0.533. The topological polar surface area (TPSA) is 40.5 Å². The van der Waals surface area contributed by atoms with E-state index in [4.69, 9.17) is 9.90 Å². The molecular formula is C15H23N2O2+. The molecule has 19 heavy (non-hydrogen) atoms. The van der Waals surface area contributed by atoms with Gasteiger partial charge in [-0.05, 0) is 0 Å². The summed E-state index contributed by atoms with van der Waals surface area (Å²) in [4.78, 5) is 11.6. The second-order valence-corrected chi connectivity index (χ2v) is 5.52. The average molecular weight is 263 g/mol. The van der Waals surface area contributed by atoms with Crippen LogP contribution in [0.5, 0.6) is 0 Å². The summed E-state index contributed by atoms with van der Waals surface area (Å²) in [6.45, 7) is 10.3. The van der Waals surface area contributed by atoms with Crippen molar-refractivity contribution in [1.82, 2.24) is 4.90 Å². The summed E-state index contributed by atoms with van der Waals surface area (Å²) in [5, 5.41) is 7.42. The van der Waals surface area contributed by atoms with Crippen LogP contribution in [0.2, 0.25) is 0 Å². The first kappa shape index (κ1) is 14.0. The number of fused-ring (bicyclic) bond motifs is 3. The van der Waals surface area contributed by atoms with Crippen molar-refractivity contribution in [2.75, 3.05) is 39.3 Å². The highest BCUT2D eigenvalue weighted by Gasteiger charge is 2.38. The van der Waals surface area contributed by atoms with E-state index in [0.29, 0.717) is 0 Å². The van der Waals surface area contributed by atoms with Crippen LogP contribution in [0.15, 0.2) is 30.3 Å². The molecular weight excluding hydrogens is 240 g/mol. The van der Waals surface area contributed by atoms with Gasteiger partial charge in [0, 0.05) is 32.1 Å². The van der Waals surface area contributed by atoms with E-state index in [-0.39, 0.29) is 0 Å². The van der Waals surface area contributed by atoms with Crippen molar-refractivity contribution in [2.45, 2.75) is 13.5 Å². The third-order valence-corrected chi connectivity index (χ3v) is 4.03. The van der Waals surface area contributed by atoms with E-state index in [0.717, 1.165) is 6.92 Å². The zero-order valence-electron chi connectivity index (χ0n) is 11.6. The van der Waals surface area contributed by atoms with Gasteiger partial charge in [0.05, 0.1) is 19.6 Å². The maximum atomic E-state index is 9.00. The number of piperazine rings is 3. The highest BCUT2D eigenvalue weighted by atomic mass is 16.4. The monoisotopic (exact) mass is 263 g/mol. The number of nitrogens with zero attached hydrogens (tertiary/aromatic N) is 2. The van der Waals surface area contributed by atoms with Crippen LogP contribution >= 0.6 is 0 Å². The van der Waals surface area contributed by atoms with Crippen molar-refractivity contribution in [3.05, 3.63) is 35.9 Å². The molecule has 0 unspecified atom stereocenters. The molecule has 0 aromatic heterocycles. The lowest BCUT2D eigenvalue weighted by Gasteiger charge is -2.50. The van der Waals surface area contributed by atoms with Gasteiger partial charge in [-0.25, -0.2) is 0 Å². The summed E-state index contributed by atoms with van der Waals surface area (Å²) in [6, 6.07) is 11.0. The van der Waals surface area contributed by atoms with Crippen molar-refractivity contribution in [3.63, 3.8) is 0 Å². The molecule has 0 amide bonds. The van der Waals surface area contributed by atoms with Crippen LogP contribution in [-0.2, 0) is 11.3 Å². The fourth-order valence-electron chi connectivity index (χ4n) is 2.94. The lowest BCUT2D eigenvalue weighted by Crippen LogP contribution is -2.66. The van der Waals surface area contributed by atoms with E-state index < -0.39 is 5.97 Å². The normalized spacial score (nSPS) is 28.4. The van der Waals surface area contributed by atoms with Gasteiger partial charge in [0.25, 0.3) is 5.97 Å². The van der Waals surface area contributed by atoms with Crippen LogP contribution in [0.1, 0.15) is 12.5 Å². The molecule has 104 valence electrons. The van der Waals surface area contributed by atoms with Gasteiger partial charge in [0.15, 0.2) is 0 Å². The second-order valence-electron chi connectivity index (χ2n) is 5.52. The number of rotatable bonds is 2. The molecule has 0 spiro atoms. The van der Waals surface area contributed by atoms with E-state index in [9.17, 15) is 0 Å². The molecule has 4 nitrogen and oxygen atoms in total. The Labute approximate surface area is 114 Å². The summed E-state index contributed by atoms with van der Waals surface area (Å²) in [5.41, 5.74) is 1.51. The van der Waals surface area contributed by atoms with Gasteiger partial charge in [0.1, 0.15) is 6.54 Å². The Morgan fingerprint density at radius 1 is 1.16 bits per heavy atom. The number of carbonyl (C=O) groups is 1. The second kappa shape index (κ2) is 6.17. The van der Waals surface area contributed by atoms with E-state index in [1.165, 1.54) is 55.9 Å². The third-order valence-electron chi connectivity index (χ3n) is 4.03. The molecule has 0 saturated carbocycles. The predicted molar refractivity (Wildman–Crippen MR) is 74.8 cm³/mol. The van der Waals surface area contributed by atoms with Crippen LogP contribution in [0, 0.1) is 0 Å². The first-order valence-corrected chi connectivity index (χ1v) is 6.91. The molecule has 3 aliphatic rings. The van der Waals surface area contributed by atoms with Crippen molar-refractivity contribution in [2.24, 2.45) is 0 Å². The molecule has 1 N–H and O–H groups in total. The van der Waals surface area contributed by atoms with Crippen molar-refractivity contribution in [1.29, 1.82) is 0 Å². The zero-order chi connectivity index (χ0) is 13.7. The summed E-state index contributed by atoms with van der Waals surface area (Å²) >= 11 is 0. The highest BCUT2D eigenvalue weighted by Crippen LogP contribution is 2.22. The Morgan fingerprint density at radius 2 is 1.63 bits per heavy atom. The first-order chi connectivity index (χ1) is 9.10. The van der Waals surface area contributed by atoms with Gasteiger partial charge in [0.2, 0.25) is 0 Å². The van der Waals surface area contributed by atoms with Gasteiger partial charge in [-0.1, -0.05) is 30.3 Å². The van der Waals surface area contributed by atoms with Crippen molar-refractivity contribution >= 4 is 5.97 Å². The largest absolute Gasteiger partial charge is 0.481 e. The summed E-state index contributed by atoms with van der Waals surface area (Å²) < 4.78 is 1.33. The molecule has 1 aromatic rings. The zero-order valence-corrected chi connectivity index (χ0v) is 11.6. The van der Waals surface area contributed by atoms with Crippen molar-refractivity contribution < 1.29 is 14.4 Å². The summed E-state index contributed by atoms with van der Waals surface area (Å²) in [7, 11) is 0. The molecule has 2 bridgehead atoms. The molecule has 0 atom stereocenters. The molecule has 0 radical (unpaired) electrons. The van der Waals surface area contributed by atoms with Crippen LogP contribution in [-0.4, -0.2) is 59.7 Å². The number of carboxylic acid groups (broad SMARTS) is 1. The smallest absolute Gasteiger partial charge is 0.300 e. The molecule has 4 rings (SSSR count). The number of carboxylic acids is 1. The van der Waals surface area contributed by atoms with E-state index in [2.05, 4.69) is 35.2 Å². The van der Waals surface area contributed by atoms with Gasteiger partial charge in [-0.15, -0.1) is 0 Å². The van der Waals surface area contributed by atoms with Gasteiger partial charge in [-0.2, -0.15) is 0 Å². The van der Waals surface area contributed by atoms with Gasteiger partial charge in [-0.3, -0.25) is 9.69 Å². The maximum Gasteiger partial charge on any atom is 0.300 e. The minimum atomic E-state index is -0.833. The molecule has 3 heterocycles. The minimum Gasteiger partial charge on any atom is -0.481 e. The van der Waals surface area contributed by atoms with Gasteiger partial charge >= 0.3 is 0 Å². The number of hydrogen-bond donors (Lipinski definition) is 1. The third kappa shape index (κ3) is 4.04. The standard InChI is InChI=1S/C13H19N2.C2H4O2/c1-2-4-13(5-3-1)12-15-9-6-14(7-10-15)8-11-15;1-2(3)4/h1-5H,6-12H2;1H3,(H,3,4)/q+1;. The molecule has 0 aliphatic carbocycles. The van der Waals surface area contributed by atoms with E-state index >= 15 is 0 Å². The molecule has 4 heteroatoms. The van der Waals surface area contributed by atoms with E-state index in [1.807, 2.05) is 0 Å². The average Bonchev–Trinajstić information content (AvgIpc) is 2.41. The van der Waals surface area contributed by atoms with Crippen molar-refractivity contribution in [3.8, 4) is 0 Å². The lowest BCUT2D eigenvalue weighted by molar-refractivity contribution is -0.953. The number of hydrogen-bond acceptors (Lipinski definition) is 2. The Balaban J connectivity index is 0.000000297. The van der Waals surface area contributed by atoms with Gasteiger partial charge < -0.3 is 9.59 Å². The highest BCUT2D eigenvalue weighted by molar-refractivity contribution is 5.62. The number of quaternary nitrogens is 1. The van der Waals surface area contributed by atoms with E-state index in [1.54, 1.807) is 0 Å². The maximum absolute atomic E-state index is 9.00. The van der Waals surface area contributed by atoms with Crippen LogP contribution in [0.3, 0.4) is 0 Å². The molecule has 3 fully saturated rings. The SMILES string of the molecule is CC(=O)O.c1ccc(C[N+]23CCN(CC2)CC3)cc1. The van der Waals surface area contributed by atoms with Crippen LogP contribution in [0.4, 0.5) is 0 Å². The summed E-state index contributed by atoms with van der Waals surface area (Å²) in [5.74, 6) is -0.833. The van der Waals surface area contributed by atoms with Crippen LogP contribution < -0.4 is 0 Å². The quantitative estimate of drug-likeness (QED) is 0.821. The minimum absolute atomic E-state index is 0.833. The fourth-order valence-corrected chi connectivity index (χ4v) is 2.94.